The first-order valence-electron chi connectivity index (χ1n) is 11.1. The highest BCUT2D eigenvalue weighted by molar-refractivity contribution is 6.01. The number of imide groups is 1. The van der Waals surface area contributed by atoms with Crippen LogP contribution >= 0.6 is 0 Å². The van der Waals surface area contributed by atoms with Gasteiger partial charge in [-0.2, -0.15) is 5.10 Å². The smallest absolute Gasteiger partial charge is 0.327 e. The van der Waals surface area contributed by atoms with Crippen LogP contribution in [0, 0.1) is 18.3 Å². The molecule has 2 aliphatic carbocycles. The van der Waals surface area contributed by atoms with Gasteiger partial charge < -0.3 is 4.74 Å². The topological polar surface area (TPSA) is 111 Å². The third-order valence-corrected chi connectivity index (χ3v) is 6.62. The van der Waals surface area contributed by atoms with E-state index in [4.69, 9.17) is 4.74 Å². The lowest BCUT2D eigenvalue weighted by molar-refractivity contribution is -0.135. The van der Waals surface area contributed by atoms with Crippen molar-refractivity contribution in [3.8, 4) is 22.8 Å². The molecule has 9 nitrogen and oxygen atoms in total. The molecule has 2 fully saturated rings. The first kappa shape index (κ1) is 21.1. The van der Waals surface area contributed by atoms with Gasteiger partial charge in [0.15, 0.2) is 0 Å². The molecule has 0 bridgehead atoms. The van der Waals surface area contributed by atoms with E-state index in [0.29, 0.717) is 28.4 Å². The van der Waals surface area contributed by atoms with Crippen LogP contribution in [-0.4, -0.2) is 31.7 Å². The first-order chi connectivity index (χ1) is 15.9. The molecule has 0 unspecified atom stereocenters. The van der Waals surface area contributed by atoms with Gasteiger partial charge in [0.1, 0.15) is 17.3 Å². The second kappa shape index (κ2) is 8.31. The molecular formula is C24H26N6O3. The number of urea groups is 1. The fraction of sp³-hybridized carbons (Fsp3) is 0.375. The van der Waals surface area contributed by atoms with Gasteiger partial charge in [0, 0.05) is 37.0 Å². The summed E-state index contributed by atoms with van der Waals surface area (Å²) < 4.78 is 7.69. The highest BCUT2D eigenvalue weighted by atomic mass is 16.5. The number of carbonyl (C=O) groups is 2. The summed E-state index contributed by atoms with van der Waals surface area (Å²) in [4.78, 5) is 33.3. The second-order valence-corrected chi connectivity index (χ2v) is 9.06. The molecule has 1 spiro atoms. The summed E-state index contributed by atoms with van der Waals surface area (Å²) in [5.41, 5.74) is 2.63. The monoisotopic (exact) mass is 446 g/mol. The lowest BCUT2D eigenvalue weighted by atomic mass is 9.51. The number of nitrogens with one attached hydrogen (secondary N) is 2. The van der Waals surface area contributed by atoms with Crippen molar-refractivity contribution in [3.63, 3.8) is 0 Å². The largest absolute Gasteiger partial charge is 0.455 e. The minimum atomic E-state index is -0.564. The van der Waals surface area contributed by atoms with Crippen molar-refractivity contribution in [1.29, 1.82) is 0 Å². The number of pyridine rings is 2. The summed E-state index contributed by atoms with van der Waals surface area (Å²) >= 11 is 0. The summed E-state index contributed by atoms with van der Waals surface area (Å²) in [7, 11) is 1.85. The molecule has 0 radical (unpaired) electrons. The Hall–Kier alpha value is -3.75. The number of nitrogens with zero attached hydrogens (tertiary/aromatic N) is 4. The van der Waals surface area contributed by atoms with E-state index in [1.807, 2.05) is 19.3 Å². The van der Waals surface area contributed by atoms with E-state index in [2.05, 4.69) is 25.7 Å². The standard InChI is InChI=1S/C24H26N6O3/c1-15-20(33-18-6-9-25-19(10-18)17-13-26-30(2)14-17)4-5-21(27-15)28-23(32)29-22(31)16-11-24(12-16)7-3-8-24/h4-6,9-10,13-14,16H,3,7-8,11-12H2,1-2H3,(H2,27,28,29,31,32). The first-order valence-corrected chi connectivity index (χ1v) is 11.1. The molecule has 2 N–H and O–H groups in total. The predicted octanol–water partition coefficient (Wildman–Crippen LogP) is 4.21. The van der Waals surface area contributed by atoms with Crippen LogP contribution in [0.25, 0.3) is 11.3 Å². The molecule has 33 heavy (non-hydrogen) atoms. The van der Waals surface area contributed by atoms with Crippen molar-refractivity contribution < 1.29 is 14.3 Å². The number of hydrogen-bond acceptors (Lipinski definition) is 6. The lowest BCUT2D eigenvalue weighted by Crippen LogP contribution is -2.50. The number of anilines is 1. The van der Waals surface area contributed by atoms with Crippen molar-refractivity contribution in [3.05, 3.63) is 48.5 Å². The average Bonchev–Trinajstić information content (AvgIpc) is 3.14. The van der Waals surface area contributed by atoms with Crippen molar-refractivity contribution in [1.82, 2.24) is 25.1 Å². The van der Waals surface area contributed by atoms with Gasteiger partial charge in [-0.3, -0.25) is 25.1 Å². The van der Waals surface area contributed by atoms with Crippen LogP contribution < -0.4 is 15.4 Å². The summed E-state index contributed by atoms with van der Waals surface area (Å²) in [6.45, 7) is 1.79. The van der Waals surface area contributed by atoms with Gasteiger partial charge in [0.25, 0.3) is 0 Å². The normalized spacial score (nSPS) is 16.5. The number of carbonyl (C=O) groups excluding carboxylic acids is 2. The molecule has 0 saturated heterocycles. The molecular weight excluding hydrogens is 420 g/mol. The molecule has 3 aromatic rings. The number of hydrogen-bond donors (Lipinski definition) is 2. The Labute approximate surface area is 191 Å². The molecule has 3 aromatic heterocycles. The minimum absolute atomic E-state index is 0.0570. The number of amides is 3. The molecule has 3 amide bonds. The summed E-state index contributed by atoms with van der Waals surface area (Å²) in [5.74, 6) is 1.26. The summed E-state index contributed by atoms with van der Waals surface area (Å²) in [6.07, 6.45) is 10.8. The third-order valence-electron chi connectivity index (χ3n) is 6.62. The molecule has 2 aliphatic rings. The van der Waals surface area contributed by atoms with E-state index < -0.39 is 6.03 Å². The number of aryl methyl sites for hydroxylation is 2. The van der Waals surface area contributed by atoms with Crippen molar-refractivity contribution in [2.45, 2.75) is 39.0 Å². The quantitative estimate of drug-likeness (QED) is 0.607. The summed E-state index contributed by atoms with van der Waals surface area (Å²) in [6, 6.07) is 6.40. The van der Waals surface area contributed by atoms with Crippen LogP contribution in [0.1, 0.15) is 37.8 Å². The zero-order valence-corrected chi connectivity index (χ0v) is 18.7. The van der Waals surface area contributed by atoms with Gasteiger partial charge >= 0.3 is 6.03 Å². The van der Waals surface area contributed by atoms with E-state index in [-0.39, 0.29) is 11.8 Å². The minimum Gasteiger partial charge on any atom is -0.455 e. The van der Waals surface area contributed by atoms with E-state index in [9.17, 15) is 9.59 Å². The molecule has 0 aromatic carbocycles. The van der Waals surface area contributed by atoms with Crippen molar-refractivity contribution in [2.75, 3.05) is 5.32 Å². The maximum atomic E-state index is 12.3. The van der Waals surface area contributed by atoms with Gasteiger partial charge in [0.2, 0.25) is 5.91 Å². The van der Waals surface area contributed by atoms with Gasteiger partial charge in [-0.25, -0.2) is 9.78 Å². The Kier molecular flexibility index (Phi) is 5.32. The summed E-state index contributed by atoms with van der Waals surface area (Å²) in [5, 5.41) is 9.24. The van der Waals surface area contributed by atoms with Crippen molar-refractivity contribution >= 4 is 17.8 Å². The van der Waals surface area contributed by atoms with Crippen LogP contribution in [0.3, 0.4) is 0 Å². The van der Waals surface area contributed by atoms with E-state index >= 15 is 0 Å². The van der Waals surface area contributed by atoms with Crippen LogP contribution in [0.4, 0.5) is 10.6 Å². The lowest BCUT2D eigenvalue weighted by Gasteiger charge is -2.53. The third kappa shape index (κ3) is 4.44. The molecule has 0 aliphatic heterocycles. The van der Waals surface area contributed by atoms with Crippen LogP contribution in [0.2, 0.25) is 0 Å². The number of aromatic nitrogens is 4. The van der Waals surface area contributed by atoms with Crippen LogP contribution in [0.5, 0.6) is 11.5 Å². The predicted molar refractivity (Wildman–Crippen MR) is 122 cm³/mol. The van der Waals surface area contributed by atoms with Crippen LogP contribution in [-0.2, 0) is 11.8 Å². The SMILES string of the molecule is Cc1nc(NC(=O)NC(=O)C2CC3(CCC3)C2)ccc1Oc1ccnc(-c2cnn(C)c2)c1. The average molecular weight is 447 g/mol. The van der Waals surface area contributed by atoms with E-state index in [1.54, 1.807) is 42.2 Å². The molecule has 3 heterocycles. The molecule has 170 valence electrons. The maximum absolute atomic E-state index is 12.3. The number of rotatable bonds is 5. The van der Waals surface area contributed by atoms with Crippen LogP contribution in [0.15, 0.2) is 42.9 Å². The Morgan fingerprint density at radius 3 is 2.70 bits per heavy atom. The van der Waals surface area contributed by atoms with Gasteiger partial charge in [-0.05, 0) is 56.2 Å². The number of ether oxygens (including phenoxy) is 1. The fourth-order valence-corrected chi connectivity index (χ4v) is 4.66. The molecule has 2 saturated carbocycles. The highest BCUT2D eigenvalue weighted by Crippen LogP contribution is 2.58. The zero-order chi connectivity index (χ0) is 23.0. The zero-order valence-electron chi connectivity index (χ0n) is 18.7. The van der Waals surface area contributed by atoms with Gasteiger partial charge in [0.05, 0.1) is 17.6 Å². The van der Waals surface area contributed by atoms with Crippen molar-refractivity contribution in [2.24, 2.45) is 18.4 Å². The second-order valence-electron chi connectivity index (χ2n) is 9.06. The van der Waals surface area contributed by atoms with E-state index in [0.717, 1.165) is 24.1 Å². The fourth-order valence-electron chi connectivity index (χ4n) is 4.66. The maximum Gasteiger partial charge on any atom is 0.327 e. The van der Waals surface area contributed by atoms with Gasteiger partial charge in [-0.15, -0.1) is 0 Å². The Bertz CT molecular complexity index is 1210. The van der Waals surface area contributed by atoms with Gasteiger partial charge in [-0.1, -0.05) is 6.42 Å². The molecule has 9 heteroatoms. The molecule has 5 rings (SSSR count). The van der Waals surface area contributed by atoms with E-state index in [1.165, 1.54) is 19.3 Å². The Morgan fingerprint density at radius 1 is 1.21 bits per heavy atom. The highest BCUT2D eigenvalue weighted by Gasteiger charge is 2.50. The Morgan fingerprint density at radius 2 is 2.03 bits per heavy atom. The molecule has 0 atom stereocenters. The Balaban J connectivity index is 1.18.